The molecule has 0 atom stereocenters. The van der Waals surface area contributed by atoms with Crippen molar-refractivity contribution in [3.8, 4) is 11.3 Å². The van der Waals surface area contributed by atoms with Gasteiger partial charge in [-0.25, -0.2) is 15.4 Å². The summed E-state index contributed by atoms with van der Waals surface area (Å²) in [7, 11) is 0. The standard InChI is InChI=1S/C16H12ClN5O2/c17-13-8-19-16(21-11-3-4-24-20-7-11)22-14(13)9-1-2-10-6-18-15(23)12(10)5-9/h1-5,7-8,20H,6H2,(H,18,23)(H,19,21,22). The lowest BCUT2D eigenvalue weighted by molar-refractivity contribution is 0.0966. The first-order chi connectivity index (χ1) is 11.7. The maximum atomic E-state index is 11.8. The van der Waals surface area contributed by atoms with Gasteiger partial charge in [-0.2, -0.15) is 0 Å². The van der Waals surface area contributed by atoms with E-state index in [4.69, 9.17) is 16.4 Å². The van der Waals surface area contributed by atoms with Crippen LogP contribution in [0.1, 0.15) is 15.9 Å². The van der Waals surface area contributed by atoms with Crippen LogP contribution in [-0.4, -0.2) is 15.9 Å². The molecule has 0 spiro atoms. The maximum absolute atomic E-state index is 11.8. The summed E-state index contributed by atoms with van der Waals surface area (Å²) in [6.45, 7) is 0.550. The molecule has 0 unspecified atom stereocenters. The number of carbonyl (C=O) groups excluding carboxylic acids is 1. The molecule has 0 aliphatic carbocycles. The highest BCUT2D eigenvalue weighted by atomic mass is 35.5. The van der Waals surface area contributed by atoms with Crippen molar-refractivity contribution in [2.75, 3.05) is 5.32 Å². The Kier molecular flexibility index (Phi) is 3.55. The molecule has 0 bridgehead atoms. The van der Waals surface area contributed by atoms with Crippen molar-refractivity contribution in [3.05, 3.63) is 64.8 Å². The van der Waals surface area contributed by atoms with E-state index in [9.17, 15) is 4.79 Å². The first-order valence-electron chi connectivity index (χ1n) is 7.20. The number of hydrogen-bond donors (Lipinski definition) is 3. The minimum atomic E-state index is -0.0843. The third kappa shape index (κ3) is 2.65. The number of halogens is 1. The predicted octanol–water partition coefficient (Wildman–Crippen LogP) is 2.34. The molecule has 2 aliphatic heterocycles. The molecule has 120 valence electrons. The number of nitrogens with one attached hydrogen (secondary N) is 3. The molecule has 2 aromatic rings. The summed E-state index contributed by atoms with van der Waals surface area (Å²) < 4.78 is 0. The van der Waals surface area contributed by atoms with Crippen molar-refractivity contribution in [1.29, 1.82) is 0 Å². The van der Waals surface area contributed by atoms with E-state index in [-0.39, 0.29) is 5.91 Å². The summed E-state index contributed by atoms with van der Waals surface area (Å²) >= 11 is 6.25. The highest BCUT2D eigenvalue weighted by Crippen LogP contribution is 2.29. The van der Waals surface area contributed by atoms with E-state index < -0.39 is 0 Å². The molecule has 2 aliphatic rings. The molecular formula is C16H12ClN5O2. The lowest BCUT2D eigenvalue weighted by Crippen LogP contribution is -2.12. The smallest absolute Gasteiger partial charge is 0.251 e. The zero-order chi connectivity index (χ0) is 16.5. The third-order valence-electron chi connectivity index (χ3n) is 3.67. The fourth-order valence-corrected chi connectivity index (χ4v) is 2.69. The van der Waals surface area contributed by atoms with Gasteiger partial charge in [0.2, 0.25) is 5.95 Å². The first-order valence-corrected chi connectivity index (χ1v) is 7.57. The number of aromatic nitrogens is 2. The van der Waals surface area contributed by atoms with Crippen molar-refractivity contribution in [3.63, 3.8) is 0 Å². The second-order valence-corrected chi connectivity index (χ2v) is 5.62. The molecule has 7 nitrogen and oxygen atoms in total. The van der Waals surface area contributed by atoms with Crippen molar-refractivity contribution in [1.82, 2.24) is 20.8 Å². The van der Waals surface area contributed by atoms with Gasteiger partial charge in [-0.05, 0) is 11.6 Å². The molecule has 4 rings (SSSR count). The first kappa shape index (κ1) is 14.5. The molecule has 0 fully saturated rings. The van der Waals surface area contributed by atoms with Gasteiger partial charge in [-0.3, -0.25) is 4.79 Å². The summed E-state index contributed by atoms with van der Waals surface area (Å²) in [4.78, 5) is 25.3. The lowest BCUT2D eigenvalue weighted by atomic mass is 10.0. The summed E-state index contributed by atoms with van der Waals surface area (Å²) in [5.41, 5.74) is 6.28. The second kappa shape index (κ2) is 5.86. The predicted molar refractivity (Wildman–Crippen MR) is 88.7 cm³/mol. The SMILES string of the molecule is O=C1NCc2ccc(-c3nc(NC4=CNOC=C4)ncc3Cl)cc21. The third-order valence-corrected chi connectivity index (χ3v) is 3.94. The number of nitrogens with zero attached hydrogens (tertiary/aromatic N) is 2. The van der Waals surface area contributed by atoms with Gasteiger partial charge in [0.1, 0.15) is 6.26 Å². The summed E-state index contributed by atoms with van der Waals surface area (Å²) in [6, 6.07) is 5.60. The number of benzene rings is 1. The monoisotopic (exact) mass is 341 g/mol. The molecule has 1 aromatic heterocycles. The summed E-state index contributed by atoms with van der Waals surface area (Å²) in [5.74, 6) is 0.304. The molecule has 0 saturated heterocycles. The van der Waals surface area contributed by atoms with Crippen LogP contribution in [0.3, 0.4) is 0 Å². The Labute approximate surface area is 142 Å². The van der Waals surface area contributed by atoms with Gasteiger partial charge in [-0.1, -0.05) is 23.7 Å². The van der Waals surface area contributed by atoms with Crippen molar-refractivity contribution in [2.24, 2.45) is 0 Å². The van der Waals surface area contributed by atoms with Crippen molar-refractivity contribution < 1.29 is 9.63 Å². The van der Waals surface area contributed by atoms with Gasteiger partial charge in [0.15, 0.2) is 0 Å². The van der Waals surface area contributed by atoms with E-state index >= 15 is 0 Å². The Hall–Kier alpha value is -3.06. The molecule has 8 heteroatoms. The van der Waals surface area contributed by atoms with Crippen LogP contribution in [0, 0.1) is 0 Å². The minimum Gasteiger partial charge on any atom is -0.390 e. The minimum absolute atomic E-state index is 0.0843. The average molecular weight is 342 g/mol. The van der Waals surface area contributed by atoms with E-state index in [1.807, 2.05) is 12.1 Å². The number of amides is 1. The van der Waals surface area contributed by atoms with Gasteiger partial charge in [-0.15, -0.1) is 0 Å². The van der Waals surface area contributed by atoms with Crippen LogP contribution < -0.4 is 16.1 Å². The maximum Gasteiger partial charge on any atom is 0.251 e. The van der Waals surface area contributed by atoms with Crippen molar-refractivity contribution in [2.45, 2.75) is 6.54 Å². The number of allylic oxidation sites excluding steroid dienone is 1. The van der Waals surface area contributed by atoms with Crippen LogP contribution in [0.25, 0.3) is 11.3 Å². The Morgan fingerprint density at radius 1 is 1.33 bits per heavy atom. The van der Waals surface area contributed by atoms with Crippen LogP contribution in [0.15, 0.2) is 48.6 Å². The second-order valence-electron chi connectivity index (χ2n) is 5.21. The van der Waals surface area contributed by atoms with Gasteiger partial charge >= 0.3 is 0 Å². The molecule has 1 amide bonds. The molecule has 1 aromatic carbocycles. The lowest BCUT2D eigenvalue weighted by Gasteiger charge is -2.12. The molecule has 3 heterocycles. The van der Waals surface area contributed by atoms with E-state index in [1.165, 1.54) is 12.5 Å². The molecule has 24 heavy (non-hydrogen) atoms. The topological polar surface area (TPSA) is 88.2 Å². The van der Waals surface area contributed by atoms with Crippen LogP contribution in [-0.2, 0) is 11.4 Å². The van der Waals surface area contributed by atoms with E-state index in [0.29, 0.717) is 28.8 Å². The summed E-state index contributed by atoms with van der Waals surface area (Å²) in [5, 5.41) is 6.25. The molecular weight excluding hydrogens is 330 g/mol. The van der Waals surface area contributed by atoms with Crippen LogP contribution in [0.4, 0.5) is 5.95 Å². The summed E-state index contributed by atoms with van der Waals surface area (Å²) in [6.07, 6.45) is 6.39. The normalized spacial score (nSPS) is 15.0. The Balaban J connectivity index is 1.69. The van der Waals surface area contributed by atoms with E-state index in [2.05, 4.69) is 26.1 Å². The highest BCUT2D eigenvalue weighted by Gasteiger charge is 2.20. The highest BCUT2D eigenvalue weighted by molar-refractivity contribution is 6.33. The molecule has 0 radical (unpaired) electrons. The van der Waals surface area contributed by atoms with E-state index in [1.54, 1.807) is 18.3 Å². The number of fused-ring (bicyclic) bond motifs is 1. The van der Waals surface area contributed by atoms with Crippen LogP contribution in [0.2, 0.25) is 5.02 Å². The fraction of sp³-hybridized carbons (Fsp3) is 0.0625. The quantitative estimate of drug-likeness (QED) is 0.794. The zero-order valence-electron chi connectivity index (χ0n) is 12.3. The van der Waals surface area contributed by atoms with Gasteiger partial charge in [0.25, 0.3) is 5.91 Å². The average Bonchev–Trinajstić information content (AvgIpc) is 2.98. The van der Waals surface area contributed by atoms with Crippen molar-refractivity contribution >= 4 is 23.5 Å². The number of hydroxylamine groups is 1. The Bertz CT molecular complexity index is 894. The van der Waals surface area contributed by atoms with Gasteiger partial charge in [0, 0.05) is 23.7 Å². The van der Waals surface area contributed by atoms with Crippen LogP contribution >= 0.6 is 11.6 Å². The van der Waals surface area contributed by atoms with Gasteiger partial charge in [0.05, 0.1) is 28.8 Å². The number of carbonyl (C=O) groups is 1. The van der Waals surface area contributed by atoms with Crippen LogP contribution in [0.5, 0.6) is 0 Å². The molecule has 0 saturated carbocycles. The zero-order valence-corrected chi connectivity index (χ0v) is 13.1. The Morgan fingerprint density at radius 2 is 2.25 bits per heavy atom. The number of rotatable bonds is 3. The van der Waals surface area contributed by atoms with E-state index in [0.717, 1.165) is 16.8 Å². The Morgan fingerprint density at radius 3 is 3.08 bits per heavy atom. The largest absolute Gasteiger partial charge is 0.390 e. The fourth-order valence-electron chi connectivity index (χ4n) is 2.49. The number of hydrogen-bond acceptors (Lipinski definition) is 6. The molecule has 3 N–H and O–H groups in total. The van der Waals surface area contributed by atoms with Gasteiger partial charge < -0.3 is 15.5 Å². The number of anilines is 1.